The number of hydrogen-bond donors (Lipinski definition) is 1. The molecule has 0 amide bonds. The van der Waals surface area contributed by atoms with E-state index in [2.05, 4.69) is 0 Å². The maximum atomic E-state index is 6.14. The number of methoxy groups -OCH3 is 1. The lowest BCUT2D eigenvalue weighted by Gasteiger charge is -2.09. The fourth-order valence-electron chi connectivity index (χ4n) is 1.69. The first kappa shape index (κ1) is 16.7. The van der Waals surface area contributed by atoms with E-state index in [1.54, 1.807) is 36.7 Å². The third kappa shape index (κ3) is 4.92. The Hall–Kier alpha value is -0.680. The molecular weight excluding hydrogens is 345 g/mol. The van der Waals surface area contributed by atoms with Gasteiger partial charge in [0.2, 0.25) is 0 Å². The minimum Gasteiger partial charge on any atom is -0.496 e. The Morgan fingerprint density at radius 1 is 1.00 bits per heavy atom. The lowest BCUT2D eigenvalue weighted by atomic mass is 10.3. The number of nitrogens with two attached hydrogens (primary N) is 1. The van der Waals surface area contributed by atoms with Crippen molar-refractivity contribution >= 4 is 52.4 Å². The first-order chi connectivity index (χ1) is 10.1. The molecule has 0 spiro atoms. The molecule has 2 nitrogen and oxygen atoms in total. The second-order valence-corrected chi connectivity index (χ2v) is 7.30. The minimum atomic E-state index is 0.703. The summed E-state index contributed by atoms with van der Waals surface area (Å²) in [5.41, 5.74) is 6.45. The molecule has 0 unspecified atom stereocenters. The number of benzene rings is 2. The van der Waals surface area contributed by atoms with E-state index >= 15 is 0 Å². The van der Waals surface area contributed by atoms with Crippen LogP contribution in [0.15, 0.2) is 46.2 Å². The summed E-state index contributed by atoms with van der Waals surface area (Å²) >= 11 is 15.5. The molecule has 2 N–H and O–H groups in total. The lowest BCUT2D eigenvalue weighted by molar-refractivity contribution is 0.405. The Balaban J connectivity index is 1.89. The molecule has 0 saturated carbocycles. The van der Waals surface area contributed by atoms with Gasteiger partial charge in [0.25, 0.3) is 0 Å². The van der Waals surface area contributed by atoms with Crippen molar-refractivity contribution in [2.24, 2.45) is 0 Å². The van der Waals surface area contributed by atoms with E-state index in [0.29, 0.717) is 10.7 Å². The van der Waals surface area contributed by atoms with Crippen LogP contribution in [0.3, 0.4) is 0 Å². The highest BCUT2D eigenvalue weighted by atomic mass is 35.5. The van der Waals surface area contributed by atoms with Crippen molar-refractivity contribution in [2.75, 3.05) is 24.3 Å². The molecule has 0 radical (unpaired) electrons. The van der Waals surface area contributed by atoms with E-state index in [1.807, 2.05) is 30.3 Å². The van der Waals surface area contributed by atoms with Crippen LogP contribution in [-0.4, -0.2) is 18.6 Å². The Morgan fingerprint density at radius 3 is 2.43 bits per heavy atom. The number of nitrogen functional groups attached to an aromatic ring is 1. The predicted octanol–water partition coefficient (Wildman–Crippen LogP) is 5.47. The summed E-state index contributed by atoms with van der Waals surface area (Å²) in [6, 6.07) is 11.2. The average molecular weight is 360 g/mol. The fourth-order valence-corrected chi connectivity index (χ4v) is 4.18. The molecule has 2 aromatic carbocycles. The average Bonchev–Trinajstić information content (AvgIpc) is 2.48. The van der Waals surface area contributed by atoms with E-state index in [4.69, 9.17) is 33.7 Å². The van der Waals surface area contributed by atoms with Gasteiger partial charge in [0.15, 0.2) is 0 Å². The van der Waals surface area contributed by atoms with E-state index in [0.717, 1.165) is 32.1 Å². The maximum Gasteiger partial charge on any atom is 0.134 e. The Labute approximate surface area is 143 Å². The van der Waals surface area contributed by atoms with Gasteiger partial charge in [-0.15, -0.1) is 23.5 Å². The summed E-state index contributed by atoms with van der Waals surface area (Å²) in [4.78, 5) is 2.10. The van der Waals surface area contributed by atoms with Gasteiger partial charge >= 0.3 is 0 Å². The SMILES string of the molecule is COc1cc(N)ccc1SCCSc1cc(Cl)ccc1Cl. The predicted molar refractivity (Wildman–Crippen MR) is 95.3 cm³/mol. The molecule has 0 saturated heterocycles. The molecule has 0 aliphatic carbocycles. The molecular formula is C15H15Cl2NOS2. The zero-order chi connectivity index (χ0) is 15.2. The van der Waals surface area contributed by atoms with Crippen molar-refractivity contribution in [1.29, 1.82) is 0 Å². The number of ether oxygens (including phenoxy) is 1. The highest BCUT2D eigenvalue weighted by Crippen LogP contribution is 2.34. The number of anilines is 1. The van der Waals surface area contributed by atoms with Gasteiger partial charge in [0.1, 0.15) is 5.75 Å². The number of halogens is 2. The zero-order valence-electron chi connectivity index (χ0n) is 11.4. The summed E-state index contributed by atoms with van der Waals surface area (Å²) in [6.45, 7) is 0. The van der Waals surface area contributed by atoms with Gasteiger partial charge in [-0.3, -0.25) is 0 Å². The lowest BCUT2D eigenvalue weighted by Crippen LogP contribution is -1.92. The van der Waals surface area contributed by atoms with Crippen LogP contribution in [0.4, 0.5) is 5.69 Å². The van der Waals surface area contributed by atoms with E-state index in [9.17, 15) is 0 Å². The molecule has 2 aromatic rings. The van der Waals surface area contributed by atoms with E-state index in [-0.39, 0.29) is 0 Å². The van der Waals surface area contributed by atoms with Crippen molar-refractivity contribution in [3.05, 3.63) is 46.4 Å². The molecule has 112 valence electrons. The summed E-state index contributed by atoms with van der Waals surface area (Å²) in [6.07, 6.45) is 0. The molecule has 0 aliphatic rings. The van der Waals surface area contributed by atoms with Crippen LogP contribution in [0.25, 0.3) is 0 Å². The Bertz CT molecular complexity index is 623. The highest BCUT2D eigenvalue weighted by molar-refractivity contribution is 8.03. The first-order valence-corrected chi connectivity index (χ1v) is 8.97. The van der Waals surface area contributed by atoms with Crippen molar-refractivity contribution in [3.8, 4) is 5.75 Å². The van der Waals surface area contributed by atoms with E-state index in [1.165, 1.54) is 0 Å². The maximum absolute atomic E-state index is 6.14. The minimum absolute atomic E-state index is 0.703. The standard InChI is InChI=1S/C15H15Cl2NOS2/c1-19-13-9-11(18)3-5-14(13)20-6-7-21-15-8-10(16)2-4-12(15)17/h2-5,8-9H,6-7,18H2,1H3. The van der Waals surface area contributed by atoms with Crippen molar-refractivity contribution in [2.45, 2.75) is 9.79 Å². The number of hydrogen-bond acceptors (Lipinski definition) is 4. The van der Waals surface area contributed by atoms with Crippen LogP contribution in [0, 0.1) is 0 Å². The smallest absolute Gasteiger partial charge is 0.134 e. The summed E-state index contributed by atoms with van der Waals surface area (Å²) in [5.74, 6) is 2.68. The second-order valence-electron chi connectivity index (χ2n) is 4.18. The van der Waals surface area contributed by atoms with Crippen LogP contribution < -0.4 is 10.5 Å². The van der Waals surface area contributed by atoms with Gasteiger partial charge in [0.05, 0.1) is 12.1 Å². The molecule has 0 aliphatic heterocycles. The molecule has 0 atom stereocenters. The van der Waals surface area contributed by atoms with Gasteiger partial charge in [-0.05, 0) is 30.3 Å². The normalized spacial score (nSPS) is 10.6. The van der Waals surface area contributed by atoms with Gasteiger partial charge in [-0.2, -0.15) is 0 Å². The second kappa shape index (κ2) is 8.08. The third-order valence-electron chi connectivity index (χ3n) is 2.68. The summed E-state index contributed by atoms with van der Waals surface area (Å²) in [7, 11) is 1.65. The first-order valence-electron chi connectivity index (χ1n) is 6.24. The molecule has 2 rings (SSSR count). The zero-order valence-corrected chi connectivity index (χ0v) is 14.6. The Morgan fingerprint density at radius 2 is 1.71 bits per heavy atom. The number of rotatable bonds is 6. The van der Waals surface area contributed by atoms with Crippen molar-refractivity contribution < 1.29 is 4.74 Å². The molecule has 6 heteroatoms. The van der Waals surface area contributed by atoms with E-state index < -0.39 is 0 Å². The van der Waals surface area contributed by atoms with Gasteiger partial charge in [-0.25, -0.2) is 0 Å². The van der Waals surface area contributed by atoms with Crippen LogP contribution in [0.5, 0.6) is 5.75 Å². The third-order valence-corrected chi connectivity index (χ3v) is 5.73. The molecule has 21 heavy (non-hydrogen) atoms. The Kier molecular flexibility index (Phi) is 6.42. The van der Waals surface area contributed by atoms with Crippen LogP contribution in [0.1, 0.15) is 0 Å². The molecule has 0 bridgehead atoms. The topological polar surface area (TPSA) is 35.2 Å². The van der Waals surface area contributed by atoms with Crippen LogP contribution in [-0.2, 0) is 0 Å². The highest BCUT2D eigenvalue weighted by Gasteiger charge is 2.06. The molecule has 0 aromatic heterocycles. The summed E-state index contributed by atoms with van der Waals surface area (Å²) in [5, 5.41) is 1.44. The van der Waals surface area contributed by atoms with Gasteiger partial charge in [-0.1, -0.05) is 23.2 Å². The van der Waals surface area contributed by atoms with Crippen molar-refractivity contribution in [1.82, 2.24) is 0 Å². The molecule has 0 fully saturated rings. The molecule has 0 heterocycles. The fraction of sp³-hybridized carbons (Fsp3) is 0.200. The van der Waals surface area contributed by atoms with Crippen molar-refractivity contribution in [3.63, 3.8) is 0 Å². The largest absolute Gasteiger partial charge is 0.496 e. The monoisotopic (exact) mass is 359 g/mol. The van der Waals surface area contributed by atoms with Gasteiger partial charge in [0, 0.05) is 38.1 Å². The number of thioether (sulfide) groups is 2. The van der Waals surface area contributed by atoms with Crippen LogP contribution >= 0.6 is 46.7 Å². The quantitative estimate of drug-likeness (QED) is 0.421. The van der Waals surface area contributed by atoms with Gasteiger partial charge < -0.3 is 10.5 Å². The summed E-state index contributed by atoms with van der Waals surface area (Å²) < 4.78 is 5.33. The van der Waals surface area contributed by atoms with Crippen LogP contribution in [0.2, 0.25) is 10.0 Å².